The minimum absolute atomic E-state index is 0.0957. The van der Waals surface area contributed by atoms with E-state index in [9.17, 15) is 4.79 Å². The van der Waals surface area contributed by atoms with Crippen LogP contribution in [0.2, 0.25) is 0 Å². The Balaban J connectivity index is 2.24. The van der Waals surface area contributed by atoms with E-state index in [0.717, 1.165) is 11.4 Å². The number of nitrogens with one attached hydrogen (secondary N) is 2. The number of urea groups is 1. The lowest BCUT2D eigenvalue weighted by atomic mass is 9.92. The predicted octanol–water partition coefficient (Wildman–Crippen LogP) is 3.62. The number of hydrogen-bond donors (Lipinski definition) is 2. The van der Waals surface area contributed by atoms with Crippen LogP contribution in [0.3, 0.4) is 0 Å². The molecule has 7 nitrogen and oxygen atoms in total. The zero-order valence-electron chi connectivity index (χ0n) is 15.9. The van der Waals surface area contributed by atoms with Gasteiger partial charge in [-0.1, -0.05) is 20.8 Å². The van der Waals surface area contributed by atoms with Crippen molar-refractivity contribution in [1.29, 1.82) is 0 Å². The van der Waals surface area contributed by atoms with Crippen LogP contribution in [0.1, 0.15) is 52.9 Å². The van der Waals surface area contributed by atoms with Crippen molar-refractivity contribution in [3.05, 3.63) is 23.5 Å². The molecule has 2 rings (SSSR count). The highest BCUT2D eigenvalue weighted by molar-refractivity contribution is 5.98. The first-order valence-corrected chi connectivity index (χ1v) is 8.07. The van der Waals surface area contributed by atoms with E-state index in [4.69, 9.17) is 0 Å². The number of hydrogen-bond acceptors (Lipinski definition) is 3. The molecule has 0 saturated carbocycles. The van der Waals surface area contributed by atoms with Gasteiger partial charge in [-0.15, -0.1) is 0 Å². The molecule has 0 aliphatic heterocycles. The fourth-order valence-electron chi connectivity index (χ4n) is 2.23. The molecule has 2 aromatic rings. The third-order valence-corrected chi connectivity index (χ3v) is 3.71. The molecule has 2 amide bonds. The Labute approximate surface area is 143 Å². The van der Waals surface area contributed by atoms with E-state index in [1.165, 1.54) is 0 Å². The number of amides is 2. The lowest BCUT2D eigenvalue weighted by Gasteiger charge is -2.23. The molecule has 2 aromatic heterocycles. The molecule has 0 bridgehead atoms. The van der Waals surface area contributed by atoms with Gasteiger partial charge >= 0.3 is 6.03 Å². The lowest BCUT2D eigenvalue weighted by molar-refractivity contribution is 0.261. The lowest BCUT2D eigenvalue weighted by Crippen LogP contribution is -2.28. The highest BCUT2D eigenvalue weighted by Crippen LogP contribution is 2.28. The third kappa shape index (κ3) is 3.96. The largest absolute Gasteiger partial charge is 0.326 e. The van der Waals surface area contributed by atoms with Crippen LogP contribution in [0.15, 0.2) is 12.1 Å². The van der Waals surface area contributed by atoms with Gasteiger partial charge in [0, 0.05) is 30.3 Å². The van der Waals surface area contributed by atoms with Gasteiger partial charge in [0.25, 0.3) is 0 Å². The van der Waals surface area contributed by atoms with Crippen LogP contribution in [-0.4, -0.2) is 25.6 Å². The van der Waals surface area contributed by atoms with Crippen molar-refractivity contribution in [2.45, 2.75) is 59.4 Å². The van der Waals surface area contributed by atoms with Crippen molar-refractivity contribution in [3.8, 4) is 0 Å². The van der Waals surface area contributed by atoms with E-state index in [0.29, 0.717) is 11.6 Å². The molecule has 0 spiro atoms. The van der Waals surface area contributed by atoms with E-state index >= 15 is 0 Å². The number of carbonyl (C=O) groups is 1. The zero-order valence-corrected chi connectivity index (χ0v) is 15.9. The maximum Gasteiger partial charge on any atom is 0.326 e. The summed E-state index contributed by atoms with van der Waals surface area (Å²) < 4.78 is 3.56. The van der Waals surface area contributed by atoms with E-state index in [-0.39, 0.29) is 17.0 Å². The first kappa shape index (κ1) is 18.0. The summed E-state index contributed by atoms with van der Waals surface area (Å²) >= 11 is 0. The Morgan fingerprint density at radius 3 is 2.12 bits per heavy atom. The van der Waals surface area contributed by atoms with Gasteiger partial charge in [0.15, 0.2) is 5.82 Å². The molecule has 7 heteroatoms. The highest BCUT2D eigenvalue weighted by atomic mass is 16.2. The van der Waals surface area contributed by atoms with Gasteiger partial charge in [-0.25, -0.2) is 9.48 Å². The summed E-state index contributed by atoms with van der Waals surface area (Å²) in [7, 11) is 1.84. The van der Waals surface area contributed by atoms with Gasteiger partial charge in [0.2, 0.25) is 0 Å². The molecule has 0 aromatic carbocycles. The molecule has 0 aliphatic rings. The van der Waals surface area contributed by atoms with Crippen molar-refractivity contribution < 1.29 is 4.79 Å². The van der Waals surface area contributed by atoms with Crippen LogP contribution < -0.4 is 10.6 Å². The zero-order chi connectivity index (χ0) is 18.3. The van der Waals surface area contributed by atoms with Crippen LogP contribution in [-0.2, 0) is 18.0 Å². The van der Waals surface area contributed by atoms with Crippen molar-refractivity contribution in [2.75, 3.05) is 10.6 Å². The summed E-state index contributed by atoms with van der Waals surface area (Å²) in [6.45, 7) is 14.4. The number of nitrogens with zero attached hydrogens (tertiary/aromatic N) is 4. The van der Waals surface area contributed by atoms with Crippen molar-refractivity contribution in [3.63, 3.8) is 0 Å². The molecule has 0 saturated heterocycles. The first-order chi connectivity index (χ1) is 10.9. The second-order valence-electron chi connectivity index (χ2n) is 8.12. The first-order valence-electron chi connectivity index (χ1n) is 8.07. The molecule has 132 valence electrons. The number of carbonyl (C=O) groups excluding carboxylic acids is 1. The Bertz CT molecular complexity index is 723. The minimum atomic E-state index is -0.334. The normalized spacial score (nSPS) is 12.3. The number of aryl methyl sites for hydroxylation is 2. The molecule has 0 radical (unpaired) electrons. The van der Waals surface area contributed by atoms with Gasteiger partial charge < -0.3 is 0 Å². The Kier molecular flexibility index (Phi) is 4.48. The molecular weight excluding hydrogens is 304 g/mol. The summed E-state index contributed by atoms with van der Waals surface area (Å²) in [4.78, 5) is 12.3. The van der Waals surface area contributed by atoms with Gasteiger partial charge in [-0.3, -0.25) is 15.3 Å². The van der Waals surface area contributed by atoms with E-state index in [1.807, 2.05) is 30.8 Å². The van der Waals surface area contributed by atoms with Crippen molar-refractivity contribution in [1.82, 2.24) is 19.6 Å². The minimum Gasteiger partial charge on any atom is -0.292 e. The number of anilines is 2. The van der Waals surface area contributed by atoms with Crippen molar-refractivity contribution >= 4 is 17.7 Å². The van der Waals surface area contributed by atoms with Crippen LogP contribution in [0.4, 0.5) is 16.4 Å². The molecule has 0 aliphatic carbocycles. The summed E-state index contributed by atoms with van der Waals surface area (Å²) in [5.41, 5.74) is 1.57. The molecule has 2 N–H and O–H groups in total. The van der Waals surface area contributed by atoms with Crippen LogP contribution in [0, 0.1) is 6.92 Å². The molecule has 2 heterocycles. The summed E-state index contributed by atoms with van der Waals surface area (Å²) in [6, 6.07) is 3.41. The molecule has 0 fully saturated rings. The average molecular weight is 332 g/mol. The van der Waals surface area contributed by atoms with Gasteiger partial charge in [0.05, 0.1) is 11.2 Å². The van der Waals surface area contributed by atoms with Gasteiger partial charge in [-0.2, -0.15) is 10.2 Å². The Morgan fingerprint density at radius 1 is 1.04 bits per heavy atom. The predicted molar refractivity (Wildman–Crippen MR) is 96.5 cm³/mol. The average Bonchev–Trinajstić information content (AvgIpc) is 2.93. The highest BCUT2D eigenvalue weighted by Gasteiger charge is 2.25. The van der Waals surface area contributed by atoms with Gasteiger partial charge in [-0.05, 0) is 27.7 Å². The Morgan fingerprint density at radius 2 is 1.67 bits per heavy atom. The topological polar surface area (TPSA) is 76.8 Å². The standard InChI is InChI=1S/C17H28N6O/c1-11-9-13(21-22(11)8)18-15(24)19-14-10-12(16(2,3)4)20-23(14)17(5,6)7/h9-10H,1-8H3,(H2,18,19,21,24). The van der Waals surface area contributed by atoms with E-state index in [2.05, 4.69) is 62.4 Å². The second kappa shape index (κ2) is 5.96. The second-order valence-corrected chi connectivity index (χ2v) is 8.12. The van der Waals surface area contributed by atoms with Crippen LogP contribution >= 0.6 is 0 Å². The smallest absolute Gasteiger partial charge is 0.292 e. The van der Waals surface area contributed by atoms with E-state index in [1.54, 1.807) is 4.68 Å². The van der Waals surface area contributed by atoms with Crippen molar-refractivity contribution in [2.24, 2.45) is 7.05 Å². The quantitative estimate of drug-likeness (QED) is 0.882. The maximum absolute atomic E-state index is 12.3. The summed E-state index contributed by atoms with van der Waals surface area (Å²) in [5.74, 6) is 1.18. The van der Waals surface area contributed by atoms with Gasteiger partial charge in [0.1, 0.15) is 5.82 Å². The maximum atomic E-state index is 12.3. The third-order valence-electron chi connectivity index (χ3n) is 3.71. The molecular formula is C17H28N6O. The summed E-state index contributed by atoms with van der Waals surface area (Å²) in [5, 5.41) is 14.6. The molecule has 24 heavy (non-hydrogen) atoms. The summed E-state index contributed by atoms with van der Waals surface area (Å²) in [6.07, 6.45) is 0. The SMILES string of the molecule is Cc1cc(NC(=O)Nc2cc(C(C)(C)C)nn2C(C)(C)C)nn1C. The fourth-order valence-corrected chi connectivity index (χ4v) is 2.23. The van der Waals surface area contributed by atoms with E-state index < -0.39 is 0 Å². The number of aromatic nitrogens is 4. The fraction of sp³-hybridized carbons (Fsp3) is 0.588. The molecule has 0 atom stereocenters. The Hall–Kier alpha value is -2.31. The van der Waals surface area contributed by atoms with Crippen LogP contribution in [0.25, 0.3) is 0 Å². The monoisotopic (exact) mass is 332 g/mol. The van der Waals surface area contributed by atoms with Crippen LogP contribution in [0.5, 0.6) is 0 Å². The molecule has 0 unspecified atom stereocenters. The number of rotatable bonds is 2.